The third kappa shape index (κ3) is 7.35. The average molecular weight is 387 g/mol. The first-order valence-electron chi connectivity index (χ1n) is 8.97. The summed E-state index contributed by atoms with van der Waals surface area (Å²) in [4.78, 5) is 11.9. The molecule has 0 fully saturated rings. The molecule has 5 nitrogen and oxygen atoms in total. The Labute approximate surface area is 165 Å². The predicted molar refractivity (Wildman–Crippen MR) is 112 cm³/mol. The largest absolute Gasteiger partial charge is 0.490 e. The van der Waals surface area contributed by atoms with Gasteiger partial charge < -0.3 is 9.47 Å². The maximum absolute atomic E-state index is 11.9. The Balaban J connectivity index is 1.80. The lowest BCUT2D eigenvalue weighted by Gasteiger charge is -2.11. The minimum absolute atomic E-state index is 0.126. The topological polar surface area (TPSA) is 59.9 Å². The van der Waals surface area contributed by atoms with Gasteiger partial charge in [-0.05, 0) is 50.1 Å². The normalized spacial score (nSPS) is 10.8. The minimum Gasteiger partial charge on any atom is -0.490 e. The highest BCUT2D eigenvalue weighted by Gasteiger charge is 2.05. The maximum atomic E-state index is 11.9. The molecule has 0 saturated heterocycles. The van der Waals surface area contributed by atoms with Gasteiger partial charge in [-0.3, -0.25) is 4.79 Å². The summed E-state index contributed by atoms with van der Waals surface area (Å²) in [7, 11) is 0. The molecular formula is C21H26N2O3S. The standard InChI is InChI=1S/C21H26N2O3S/c1-4-25-19-11-10-18(12-20(19)26-5-2)13-22-23-21(24)15-27-14-17-8-6-16(3)7-9-17/h6-13H,4-5,14-15H2,1-3H3,(H,23,24)/b22-13-. The zero-order chi connectivity index (χ0) is 19.5. The SMILES string of the molecule is CCOc1ccc(/C=N\NC(=O)CSCc2ccc(C)cc2)cc1OCC. The monoisotopic (exact) mass is 386 g/mol. The van der Waals surface area contributed by atoms with Crippen LogP contribution in [0.3, 0.4) is 0 Å². The summed E-state index contributed by atoms with van der Waals surface area (Å²) in [6.07, 6.45) is 1.60. The Morgan fingerprint density at radius 1 is 1.07 bits per heavy atom. The molecule has 1 N–H and O–H groups in total. The first kappa shape index (κ1) is 20.8. The summed E-state index contributed by atoms with van der Waals surface area (Å²) in [5.41, 5.74) is 5.83. The Morgan fingerprint density at radius 3 is 2.48 bits per heavy atom. The molecule has 2 rings (SSSR count). The smallest absolute Gasteiger partial charge is 0.250 e. The first-order valence-corrected chi connectivity index (χ1v) is 10.1. The van der Waals surface area contributed by atoms with Crippen LogP contribution in [0.5, 0.6) is 11.5 Å². The molecule has 0 aliphatic carbocycles. The van der Waals surface area contributed by atoms with Gasteiger partial charge in [-0.2, -0.15) is 5.10 Å². The van der Waals surface area contributed by atoms with Gasteiger partial charge >= 0.3 is 0 Å². The van der Waals surface area contributed by atoms with Gasteiger partial charge in [0, 0.05) is 5.75 Å². The molecule has 0 radical (unpaired) electrons. The fraction of sp³-hybridized carbons (Fsp3) is 0.333. The van der Waals surface area contributed by atoms with Crippen LogP contribution in [-0.4, -0.2) is 31.1 Å². The van der Waals surface area contributed by atoms with Gasteiger partial charge in [-0.15, -0.1) is 11.8 Å². The number of hydrogen-bond donors (Lipinski definition) is 1. The van der Waals surface area contributed by atoms with E-state index >= 15 is 0 Å². The van der Waals surface area contributed by atoms with Crippen LogP contribution in [0, 0.1) is 6.92 Å². The Kier molecular flexibility index (Phi) is 8.71. The van der Waals surface area contributed by atoms with Gasteiger partial charge in [0.2, 0.25) is 5.91 Å². The molecule has 0 aliphatic heterocycles. The summed E-state index contributed by atoms with van der Waals surface area (Å²) in [5.74, 6) is 2.41. The molecular weight excluding hydrogens is 360 g/mol. The van der Waals surface area contributed by atoms with Gasteiger partial charge in [-0.25, -0.2) is 5.43 Å². The van der Waals surface area contributed by atoms with Crippen LogP contribution in [0.25, 0.3) is 0 Å². The number of amides is 1. The molecule has 0 heterocycles. The summed E-state index contributed by atoms with van der Waals surface area (Å²) < 4.78 is 11.1. The Hall–Kier alpha value is -2.47. The number of nitrogens with zero attached hydrogens (tertiary/aromatic N) is 1. The van der Waals surface area contributed by atoms with Crippen molar-refractivity contribution in [2.24, 2.45) is 5.10 Å². The highest BCUT2D eigenvalue weighted by molar-refractivity contribution is 7.99. The molecule has 27 heavy (non-hydrogen) atoms. The number of carbonyl (C=O) groups excluding carboxylic acids is 1. The quantitative estimate of drug-likeness (QED) is 0.492. The molecule has 144 valence electrons. The number of carbonyl (C=O) groups is 1. The van der Waals surface area contributed by atoms with Crippen LogP contribution < -0.4 is 14.9 Å². The lowest BCUT2D eigenvalue weighted by Crippen LogP contribution is -2.19. The molecule has 1 amide bonds. The number of aryl methyl sites for hydroxylation is 1. The van der Waals surface area contributed by atoms with E-state index in [2.05, 4.69) is 41.7 Å². The zero-order valence-electron chi connectivity index (χ0n) is 16.0. The van der Waals surface area contributed by atoms with Crippen molar-refractivity contribution in [1.29, 1.82) is 0 Å². The summed E-state index contributed by atoms with van der Waals surface area (Å²) in [6, 6.07) is 13.9. The fourth-order valence-corrected chi connectivity index (χ4v) is 3.09. The Morgan fingerprint density at radius 2 is 1.78 bits per heavy atom. The van der Waals surface area contributed by atoms with Crippen molar-refractivity contribution in [3.8, 4) is 11.5 Å². The number of hydrazone groups is 1. The molecule has 2 aromatic rings. The van der Waals surface area contributed by atoms with Gasteiger partial charge in [0.15, 0.2) is 11.5 Å². The highest BCUT2D eigenvalue weighted by atomic mass is 32.2. The molecule has 0 unspecified atom stereocenters. The third-order valence-electron chi connectivity index (χ3n) is 3.59. The molecule has 6 heteroatoms. The van der Waals surface area contributed by atoms with Crippen molar-refractivity contribution in [1.82, 2.24) is 5.43 Å². The average Bonchev–Trinajstić information content (AvgIpc) is 2.66. The molecule has 0 bridgehead atoms. The summed E-state index contributed by atoms with van der Waals surface area (Å²) in [5, 5.41) is 4.02. The molecule has 0 spiro atoms. The second kappa shape index (κ2) is 11.3. The highest BCUT2D eigenvalue weighted by Crippen LogP contribution is 2.27. The van der Waals surface area contributed by atoms with Crippen LogP contribution in [0.15, 0.2) is 47.6 Å². The second-order valence-corrected chi connectivity index (χ2v) is 6.83. The minimum atomic E-state index is -0.126. The van der Waals surface area contributed by atoms with E-state index in [1.54, 1.807) is 18.0 Å². The van der Waals surface area contributed by atoms with E-state index in [0.717, 1.165) is 11.3 Å². The van der Waals surface area contributed by atoms with Crippen LogP contribution in [0.4, 0.5) is 0 Å². The van der Waals surface area contributed by atoms with E-state index < -0.39 is 0 Å². The van der Waals surface area contributed by atoms with Gasteiger partial charge in [0.05, 0.1) is 25.2 Å². The lowest BCUT2D eigenvalue weighted by atomic mass is 10.2. The van der Waals surface area contributed by atoms with E-state index in [4.69, 9.17) is 9.47 Å². The fourth-order valence-electron chi connectivity index (χ4n) is 2.30. The van der Waals surface area contributed by atoms with E-state index in [1.165, 1.54) is 11.1 Å². The number of thioether (sulfide) groups is 1. The van der Waals surface area contributed by atoms with Crippen LogP contribution >= 0.6 is 11.8 Å². The predicted octanol–water partition coefficient (Wildman–Crippen LogP) is 4.18. The number of nitrogens with one attached hydrogen (secondary N) is 1. The van der Waals surface area contributed by atoms with E-state index in [0.29, 0.717) is 30.5 Å². The maximum Gasteiger partial charge on any atom is 0.250 e. The van der Waals surface area contributed by atoms with Gasteiger partial charge in [0.25, 0.3) is 0 Å². The first-order chi connectivity index (χ1) is 13.1. The van der Waals surface area contributed by atoms with Crippen molar-refractivity contribution in [3.05, 3.63) is 59.2 Å². The molecule has 0 aromatic heterocycles. The summed E-state index contributed by atoms with van der Waals surface area (Å²) in [6.45, 7) is 7.03. The van der Waals surface area contributed by atoms with Crippen LogP contribution in [-0.2, 0) is 10.5 Å². The third-order valence-corrected chi connectivity index (χ3v) is 4.60. The lowest BCUT2D eigenvalue weighted by molar-refractivity contribution is -0.118. The van der Waals surface area contributed by atoms with E-state index in [1.807, 2.05) is 32.0 Å². The van der Waals surface area contributed by atoms with E-state index in [9.17, 15) is 4.79 Å². The molecule has 0 aliphatic rings. The van der Waals surface area contributed by atoms with Crippen molar-refractivity contribution in [2.45, 2.75) is 26.5 Å². The van der Waals surface area contributed by atoms with Crippen molar-refractivity contribution >= 4 is 23.9 Å². The number of rotatable bonds is 10. The second-order valence-electron chi connectivity index (χ2n) is 5.84. The van der Waals surface area contributed by atoms with Crippen molar-refractivity contribution in [2.75, 3.05) is 19.0 Å². The number of hydrogen-bond acceptors (Lipinski definition) is 5. The summed E-state index contributed by atoms with van der Waals surface area (Å²) >= 11 is 1.56. The van der Waals surface area contributed by atoms with Crippen LogP contribution in [0.1, 0.15) is 30.5 Å². The molecule has 0 atom stereocenters. The van der Waals surface area contributed by atoms with Gasteiger partial charge in [-0.1, -0.05) is 29.8 Å². The van der Waals surface area contributed by atoms with Crippen LogP contribution in [0.2, 0.25) is 0 Å². The Bertz CT molecular complexity index is 761. The molecule has 0 saturated carbocycles. The zero-order valence-corrected chi connectivity index (χ0v) is 16.8. The number of benzene rings is 2. The number of ether oxygens (including phenoxy) is 2. The van der Waals surface area contributed by atoms with Crippen molar-refractivity contribution in [3.63, 3.8) is 0 Å². The van der Waals surface area contributed by atoms with Gasteiger partial charge in [0.1, 0.15) is 0 Å². The molecule has 2 aromatic carbocycles. The van der Waals surface area contributed by atoms with E-state index in [-0.39, 0.29) is 5.91 Å². The van der Waals surface area contributed by atoms with Crippen molar-refractivity contribution < 1.29 is 14.3 Å².